The van der Waals surface area contributed by atoms with Gasteiger partial charge >= 0.3 is 0 Å². The molecular formula is C21H17BrN2O. The summed E-state index contributed by atoms with van der Waals surface area (Å²) in [5.74, 6) is 0.154. The highest BCUT2D eigenvalue weighted by atomic mass is 79.9. The summed E-state index contributed by atoms with van der Waals surface area (Å²) >= 11 is 3.58. The van der Waals surface area contributed by atoms with E-state index in [1.807, 2.05) is 12.4 Å². The lowest BCUT2D eigenvalue weighted by molar-refractivity contribution is -0.118. The molecule has 3 aliphatic rings. The molecule has 25 heavy (non-hydrogen) atoms. The van der Waals surface area contributed by atoms with Gasteiger partial charge in [0.1, 0.15) is 6.04 Å². The lowest BCUT2D eigenvalue weighted by Gasteiger charge is -2.32. The SMILES string of the molecule is O=C1C=Cc2c(ccc3c2CCc2cc(Br)ccc2-3)C1N1C=NCC1. The second kappa shape index (κ2) is 5.67. The Labute approximate surface area is 155 Å². The molecule has 0 saturated heterocycles. The zero-order valence-electron chi connectivity index (χ0n) is 13.7. The van der Waals surface area contributed by atoms with Gasteiger partial charge in [-0.05, 0) is 64.4 Å². The van der Waals surface area contributed by atoms with Crippen LogP contribution in [0, 0.1) is 0 Å². The molecule has 0 amide bonds. The third-order valence-corrected chi connectivity index (χ3v) is 5.91. The van der Waals surface area contributed by atoms with E-state index in [9.17, 15) is 4.79 Å². The molecule has 0 spiro atoms. The maximum absolute atomic E-state index is 12.6. The van der Waals surface area contributed by atoms with Gasteiger partial charge < -0.3 is 4.90 Å². The standard InChI is InChI=1S/C21H17BrN2O/c22-14-2-4-15-13(11-14)1-3-17-16(15)5-6-19-18(17)7-8-20(25)21(19)24-10-9-23-12-24/h2,4-8,11-12,21H,1,3,9-10H2. The molecule has 3 nitrogen and oxygen atoms in total. The van der Waals surface area contributed by atoms with E-state index in [4.69, 9.17) is 0 Å². The molecule has 5 rings (SSSR count). The van der Waals surface area contributed by atoms with E-state index in [1.54, 1.807) is 6.08 Å². The number of carbonyl (C=O) groups is 1. The third-order valence-electron chi connectivity index (χ3n) is 5.42. The van der Waals surface area contributed by atoms with Crippen LogP contribution in [0.5, 0.6) is 0 Å². The average Bonchev–Trinajstić information content (AvgIpc) is 3.14. The van der Waals surface area contributed by atoms with Crippen molar-refractivity contribution in [3.63, 3.8) is 0 Å². The van der Waals surface area contributed by atoms with Gasteiger partial charge in [0, 0.05) is 11.0 Å². The molecule has 1 unspecified atom stereocenters. The summed E-state index contributed by atoms with van der Waals surface area (Å²) < 4.78 is 1.13. The molecule has 0 fully saturated rings. The molecule has 124 valence electrons. The fourth-order valence-corrected chi connectivity index (χ4v) is 4.68. The molecule has 0 radical (unpaired) electrons. The van der Waals surface area contributed by atoms with Gasteiger partial charge in [-0.15, -0.1) is 0 Å². The van der Waals surface area contributed by atoms with E-state index < -0.39 is 0 Å². The van der Waals surface area contributed by atoms with E-state index in [1.165, 1.54) is 27.8 Å². The highest BCUT2D eigenvalue weighted by molar-refractivity contribution is 9.10. The number of ketones is 1. The first-order valence-corrected chi connectivity index (χ1v) is 9.44. The average molecular weight is 393 g/mol. The Balaban J connectivity index is 1.67. The summed E-state index contributed by atoms with van der Waals surface area (Å²) in [6, 6.07) is 10.7. The van der Waals surface area contributed by atoms with Gasteiger partial charge in [-0.1, -0.05) is 40.2 Å². The van der Waals surface area contributed by atoms with Crippen molar-refractivity contribution in [1.29, 1.82) is 0 Å². The highest BCUT2D eigenvalue weighted by Crippen LogP contribution is 2.41. The molecule has 0 saturated carbocycles. The Morgan fingerprint density at radius 2 is 1.96 bits per heavy atom. The van der Waals surface area contributed by atoms with Crippen LogP contribution in [0.3, 0.4) is 0 Å². The molecule has 0 aromatic heterocycles. The van der Waals surface area contributed by atoms with Gasteiger partial charge in [-0.25, -0.2) is 0 Å². The van der Waals surface area contributed by atoms with Crippen LogP contribution in [0.2, 0.25) is 0 Å². The van der Waals surface area contributed by atoms with E-state index in [0.717, 1.165) is 36.0 Å². The smallest absolute Gasteiger partial charge is 0.182 e. The van der Waals surface area contributed by atoms with E-state index in [2.05, 4.69) is 56.2 Å². The minimum absolute atomic E-state index is 0.154. The van der Waals surface area contributed by atoms with Crippen molar-refractivity contribution in [1.82, 2.24) is 4.90 Å². The number of rotatable bonds is 1. The van der Waals surface area contributed by atoms with Gasteiger partial charge in [-0.3, -0.25) is 9.79 Å². The topological polar surface area (TPSA) is 32.7 Å². The van der Waals surface area contributed by atoms with Crippen molar-refractivity contribution in [3.05, 3.63) is 63.1 Å². The first-order valence-electron chi connectivity index (χ1n) is 8.64. The van der Waals surface area contributed by atoms with Gasteiger partial charge in [0.2, 0.25) is 0 Å². The van der Waals surface area contributed by atoms with E-state index in [0.29, 0.717) is 0 Å². The quantitative estimate of drug-likeness (QED) is 0.728. The summed E-state index contributed by atoms with van der Waals surface area (Å²) in [7, 11) is 0. The van der Waals surface area contributed by atoms with Crippen molar-refractivity contribution in [2.24, 2.45) is 4.99 Å². The number of benzene rings is 2. The predicted octanol–water partition coefficient (Wildman–Crippen LogP) is 4.20. The Kier molecular flexibility index (Phi) is 3.42. The second-order valence-corrected chi connectivity index (χ2v) is 7.71. The van der Waals surface area contributed by atoms with Crippen LogP contribution < -0.4 is 0 Å². The second-order valence-electron chi connectivity index (χ2n) is 6.79. The number of hydrogen-bond acceptors (Lipinski definition) is 3. The summed E-state index contributed by atoms with van der Waals surface area (Å²) in [5, 5.41) is 0. The molecule has 4 heteroatoms. The van der Waals surface area contributed by atoms with Crippen molar-refractivity contribution in [2.75, 3.05) is 13.1 Å². The fraction of sp³-hybridized carbons (Fsp3) is 0.238. The van der Waals surface area contributed by atoms with Crippen LogP contribution in [0.15, 0.2) is 45.9 Å². The molecule has 2 aromatic carbocycles. The van der Waals surface area contributed by atoms with Crippen LogP contribution >= 0.6 is 15.9 Å². The van der Waals surface area contributed by atoms with Crippen LogP contribution in [-0.2, 0) is 17.6 Å². The Morgan fingerprint density at radius 1 is 1.08 bits per heavy atom. The molecule has 0 N–H and O–H groups in total. The van der Waals surface area contributed by atoms with Crippen molar-refractivity contribution >= 4 is 34.1 Å². The number of halogens is 1. The highest BCUT2D eigenvalue weighted by Gasteiger charge is 2.32. The minimum Gasteiger partial charge on any atom is -0.347 e. The monoisotopic (exact) mass is 392 g/mol. The Morgan fingerprint density at radius 3 is 2.80 bits per heavy atom. The number of aliphatic imine (C=N–C) groups is 1. The van der Waals surface area contributed by atoms with Crippen LogP contribution in [-0.4, -0.2) is 30.1 Å². The first kappa shape index (κ1) is 15.1. The van der Waals surface area contributed by atoms with E-state index >= 15 is 0 Å². The van der Waals surface area contributed by atoms with Gasteiger partial charge in [0.25, 0.3) is 0 Å². The molecular weight excluding hydrogens is 376 g/mol. The third kappa shape index (κ3) is 2.31. The van der Waals surface area contributed by atoms with Crippen molar-refractivity contribution in [2.45, 2.75) is 18.9 Å². The summed E-state index contributed by atoms with van der Waals surface area (Å²) in [5.41, 5.74) is 7.74. The summed E-state index contributed by atoms with van der Waals surface area (Å²) in [6.45, 7) is 1.59. The zero-order valence-corrected chi connectivity index (χ0v) is 15.3. The molecule has 0 bridgehead atoms. The summed E-state index contributed by atoms with van der Waals surface area (Å²) in [4.78, 5) is 18.9. The molecule has 1 heterocycles. The maximum atomic E-state index is 12.6. The lowest BCUT2D eigenvalue weighted by Crippen LogP contribution is -2.33. The Bertz CT molecular complexity index is 961. The van der Waals surface area contributed by atoms with Crippen molar-refractivity contribution < 1.29 is 4.79 Å². The zero-order chi connectivity index (χ0) is 17.0. The molecule has 1 atom stereocenters. The predicted molar refractivity (Wildman–Crippen MR) is 104 cm³/mol. The van der Waals surface area contributed by atoms with Crippen molar-refractivity contribution in [3.8, 4) is 11.1 Å². The minimum atomic E-state index is -0.220. The maximum Gasteiger partial charge on any atom is 0.182 e. The number of hydrogen-bond donors (Lipinski definition) is 0. The van der Waals surface area contributed by atoms with E-state index in [-0.39, 0.29) is 11.8 Å². The Hall–Kier alpha value is -2.20. The van der Waals surface area contributed by atoms with Gasteiger partial charge in [-0.2, -0.15) is 0 Å². The fourth-order valence-electron chi connectivity index (χ4n) is 4.27. The number of carbonyl (C=O) groups excluding carboxylic acids is 1. The van der Waals surface area contributed by atoms with Crippen LogP contribution in [0.25, 0.3) is 17.2 Å². The summed E-state index contributed by atoms with van der Waals surface area (Å²) in [6.07, 6.45) is 7.65. The molecule has 2 aromatic rings. The number of nitrogens with zero attached hydrogens (tertiary/aromatic N) is 2. The number of aryl methyl sites for hydroxylation is 1. The first-order chi connectivity index (χ1) is 12.2. The molecule has 2 aliphatic carbocycles. The van der Waals surface area contributed by atoms with Gasteiger partial charge in [0.05, 0.1) is 12.9 Å². The van der Waals surface area contributed by atoms with Gasteiger partial charge in [0.15, 0.2) is 5.78 Å². The normalized spacial score (nSPS) is 20.4. The van der Waals surface area contributed by atoms with Crippen LogP contribution in [0.4, 0.5) is 0 Å². The number of fused-ring (bicyclic) bond motifs is 5. The van der Waals surface area contributed by atoms with Crippen LogP contribution in [0.1, 0.15) is 28.3 Å². The largest absolute Gasteiger partial charge is 0.347 e. The molecule has 1 aliphatic heterocycles. The lowest BCUT2D eigenvalue weighted by atomic mass is 9.78.